The number of aryl methyl sites for hydroxylation is 1. The second-order valence-electron chi connectivity index (χ2n) is 7.09. The largest absolute Gasteiger partial charge is 0.513 e. The highest BCUT2D eigenvalue weighted by Crippen LogP contribution is 2.14. The molecular weight excluding hydrogens is 388 g/mol. The van der Waals surface area contributed by atoms with Crippen molar-refractivity contribution in [1.82, 2.24) is 4.98 Å². The van der Waals surface area contributed by atoms with Crippen molar-refractivity contribution in [2.24, 2.45) is 15.7 Å². The third-order valence-corrected chi connectivity index (χ3v) is 4.53. The van der Waals surface area contributed by atoms with Crippen LogP contribution in [0.5, 0.6) is 0 Å². The maximum Gasteiger partial charge on any atom is 0.193 e. The fraction of sp³-hybridized carbons (Fsp3) is 0.400. The Labute approximate surface area is 185 Å². The maximum atomic E-state index is 12.5. The predicted molar refractivity (Wildman–Crippen MR) is 133 cm³/mol. The Hall–Kier alpha value is -3.15. The number of aromatic amines is 1. The van der Waals surface area contributed by atoms with E-state index in [1.807, 2.05) is 52.0 Å². The van der Waals surface area contributed by atoms with Gasteiger partial charge in [0.25, 0.3) is 0 Å². The van der Waals surface area contributed by atoms with Crippen LogP contribution in [0, 0.1) is 13.8 Å². The van der Waals surface area contributed by atoms with Crippen LogP contribution in [-0.2, 0) is 0 Å². The second-order valence-corrected chi connectivity index (χ2v) is 7.09. The number of hydrogen-bond acceptors (Lipinski definition) is 4. The Kier molecular flexibility index (Phi) is 11.0. The van der Waals surface area contributed by atoms with Gasteiger partial charge in [0.1, 0.15) is 11.7 Å². The number of aliphatic hydroxyl groups is 1. The van der Waals surface area contributed by atoms with Crippen molar-refractivity contribution in [2.45, 2.75) is 60.8 Å². The molecule has 31 heavy (non-hydrogen) atoms. The van der Waals surface area contributed by atoms with Gasteiger partial charge < -0.3 is 15.8 Å². The summed E-state index contributed by atoms with van der Waals surface area (Å²) in [6.45, 7) is 12.1. The SMILES string of the molecule is C/C=C\C=C(/C)O.CC.Cc1ccc2[nH]c(C(N)=NC3=NCCCC3)c(C)c(=O)c2c1. The number of aromatic nitrogens is 1. The lowest BCUT2D eigenvalue weighted by Crippen LogP contribution is -2.23. The van der Waals surface area contributed by atoms with Crippen molar-refractivity contribution < 1.29 is 5.11 Å². The first kappa shape index (κ1) is 25.9. The van der Waals surface area contributed by atoms with Crippen molar-refractivity contribution >= 4 is 22.6 Å². The Morgan fingerprint density at radius 2 is 1.97 bits per heavy atom. The third kappa shape index (κ3) is 7.89. The second kappa shape index (κ2) is 13.2. The smallest absolute Gasteiger partial charge is 0.193 e. The lowest BCUT2D eigenvalue weighted by molar-refractivity contribution is 0.414. The molecular formula is C25H36N4O2. The molecule has 0 saturated heterocycles. The number of nitrogens with zero attached hydrogens (tertiary/aromatic N) is 2. The lowest BCUT2D eigenvalue weighted by atomic mass is 10.1. The molecule has 3 rings (SSSR count). The van der Waals surface area contributed by atoms with E-state index in [1.54, 1.807) is 26.0 Å². The summed E-state index contributed by atoms with van der Waals surface area (Å²) in [7, 11) is 0. The molecule has 0 fully saturated rings. The molecule has 2 aromatic rings. The standard InChI is InChI=1S/C17H20N4O.C6H10O.C2H6/c1-10-6-7-13-12(9-10)16(22)11(2)15(20-13)17(18)21-14-5-3-4-8-19-14;1-3-4-5-6(2)7;1-2/h6-7,9H,3-5,8H2,1-2H3,(H,20,22)(H2,18,19,21);3-5,7H,1-2H3;1-2H3/b;4-3-,6-5+;. The molecule has 1 aliphatic rings. The van der Waals surface area contributed by atoms with E-state index in [9.17, 15) is 4.79 Å². The van der Waals surface area contributed by atoms with Crippen LogP contribution in [0.3, 0.4) is 0 Å². The van der Waals surface area contributed by atoms with Crippen LogP contribution >= 0.6 is 0 Å². The zero-order valence-electron chi connectivity index (χ0n) is 19.6. The monoisotopic (exact) mass is 424 g/mol. The molecule has 0 radical (unpaired) electrons. The fourth-order valence-electron chi connectivity index (χ4n) is 2.96. The van der Waals surface area contributed by atoms with Gasteiger partial charge in [-0.05, 0) is 58.7 Å². The summed E-state index contributed by atoms with van der Waals surface area (Å²) in [5.41, 5.74) is 9.13. The van der Waals surface area contributed by atoms with Gasteiger partial charge >= 0.3 is 0 Å². The van der Waals surface area contributed by atoms with Gasteiger partial charge in [-0.2, -0.15) is 0 Å². The van der Waals surface area contributed by atoms with Crippen LogP contribution in [0.1, 0.15) is 63.8 Å². The number of amidine groups is 2. The quantitative estimate of drug-likeness (QED) is 0.257. The van der Waals surface area contributed by atoms with Crippen molar-refractivity contribution in [3.63, 3.8) is 0 Å². The van der Waals surface area contributed by atoms with E-state index < -0.39 is 0 Å². The number of hydrogen-bond donors (Lipinski definition) is 3. The molecule has 6 heteroatoms. The average molecular weight is 425 g/mol. The van der Waals surface area contributed by atoms with Gasteiger partial charge in [-0.3, -0.25) is 9.79 Å². The summed E-state index contributed by atoms with van der Waals surface area (Å²) in [6, 6.07) is 5.76. The molecule has 4 N–H and O–H groups in total. The van der Waals surface area contributed by atoms with E-state index in [4.69, 9.17) is 10.8 Å². The number of nitrogens with two attached hydrogens (primary N) is 1. The Morgan fingerprint density at radius 3 is 2.52 bits per heavy atom. The minimum absolute atomic E-state index is 0.00353. The molecule has 1 aliphatic heterocycles. The van der Waals surface area contributed by atoms with Crippen LogP contribution in [-0.4, -0.2) is 28.3 Å². The number of allylic oxidation sites excluding steroid dienone is 4. The van der Waals surface area contributed by atoms with E-state index in [2.05, 4.69) is 15.0 Å². The first-order valence-corrected chi connectivity index (χ1v) is 10.8. The summed E-state index contributed by atoms with van der Waals surface area (Å²) >= 11 is 0. The maximum absolute atomic E-state index is 12.5. The fourth-order valence-corrected chi connectivity index (χ4v) is 2.96. The van der Waals surface area contributed by atoms with Crippen LogP contribution in [0.2, 0.25) is 0 Å². The van der Waals surface area contributed by atoms with E-state index in [-0.39, 0.29) is 5.43 Å². The Balaban J connectivity index is 0.000000457. The molecule has 0 atom stereocenters. The molecule has 0 saturated carbocycles. The van der Waals surface area contributed by atoms with Gasteiger partial charge in [-0.1, -0.05) is 37.6 Å². The van der Waals surface area contributed by atoms with Crippen molar-refractivity contribution in [2.75, 3.05) is 6.54 Å². The first-order valence-electron chi connectivity index (χ1n) is 10.8. The van der Waals surface area contributed by atoms with Crippen molar-refractivity contribution in [3.05, 3.63) is 69.2 Å². The lowest BCUT2D eigenvalue weighted by Gasteiger charge is -2.11. The van der Waals surface area contributed by atoms with Crippen molar-refractivity contribution in [3.8, 4) is 0 Å². The summed E-state index contributed by atoms with van der Waals surface area (Å²) in [4.78, 5) is 24.6. The van der Waals surface area contributed by atoms with Crippen LogP contribution in [0.4, 0.5) is 0 Å². The number of fused-ring (bicyclic) bond motifs is 1. The molecule has 0 bridgehead atoms. The van der Waals surface area contributed by atoms with Gasteiger partial charge in [0.15, 0.2) is 5.43 Å². The minimum Gasteiger partial charge on any atom is -0.513 e. The van der Waals surface area contributed by atoms with Gasteiger partial charge in [-0.25, -0.2) is 4.99 Å². The van der Waals surface area contributed by atoms with Gasteiger partial charge in [-0.15, -0.1) is 0 Å². The molecule has 0 unspecified atom stereocenters. The summed E-state index contributed by atoms with van der Waals surface area (Å²) in [5, 5.41) is 9.18. The minimum atomic E-state index is -0.00353. The topological polar surface area (TPSA) is 104 Å². The third-order valence-electron chi connectivity index (χ3n) is 4.53. The molecule has 1 aromatic heterocycles. The molecule has 168 valence electrons. The van der Waals surface area contributed by atoms with Crippen molar-refractivity contribution in [1.29, 1.82) is 0 Å². The van der Waals surface area contributed by atoms with E-state index >= 15 is 0 Å². The number of nitrogens with one attached hydrogen (secondary N) is 1. The van der Waals surface area contributed by atoms with Crippen LogP contribution < -0.4 is 11.2 Å². The highest BCUT2D eigenvalue weighted by Gasteiger charge is 2.13. The molecule has 6 nitrogen and oxygen atoms in total. The number of rotatable bonds is 2. The molecule has 1 aromatic carbocycles. The summed E-state index contributed by atoms with van der Waals surface area (Å²) in [5.74, 6) is 1.45. The normalized spacial score (nSPS) is 14.5. The highest BCUT2D eigenvalue weighted by atomic mass is 16.3. The van der Waals surface area contributed by atoms with Gasteiger partial charge in [0, 0.05) is 29.4 Å². The van der Waals surface area contributed by atoms with E-state index in [1.165, 1.54) is 0 Å². The highest BCUT2D eigenvalue weighted by molar-refractivity contribution is 6.06. The molecule has 2 heterocycles. The Bertz CT molecular complexity index is 1040. The zero-order valence-corrected chi connectivity index (χ0v) is 19.6. The number of aliphatic imine (C=N–C) groups is 2. The van der Waals surface area contributed by atoms with Crippen LogP contribution in [0.15, 0.2) is 57.0 Å². The molecule has 0 spiro atoms. The average Bonchev–Trinajstić information content (AvgIpc) is 2.77. The molecule has 0 aliphatic carbocycles. The van der Waals surface area contributed by atoms with E-state index in [0.717, 1.165) is 42.7 Å². The molecule has 0 amide bonds. The van der Waals surface area contributed by atoms with Gasteiger partial charge in [0.2, 0.25) is 0 Å². The Morgan fingerprint density at radius 1 is 1.26 bits per heavy atom. The zero-order chi connectivity index (χ0) is 23.4. The van der Waals surface area contributed by atoms with Gasteiger partial charge in [0.05, 0.1) is 11.5 Å². The van der Waals surface area contributed by atoms with E-state index in [0.29, 0.717) is 28.2 Å². The number of benzene rings is 1. The summed E-state index contributed by atoms with van der Waals surface area (Å²) < 4.78 is 0. The first-order chi connectivity index (χ1) is 14.8. The number of aliphatic hydroxyl groups excluding tert-OH is 1. The van der Waals surface area contributed by atoms with Crippen LogP contribution in [0.25, 0.3) is 10.9 Å². The number of H-pyrrole nitrogens is 1. The summed E-state index contributed by atoms with van der Waals surface area (Å²) in [6.07, 6.45) is 8.32. The predicted octanol–water partition coefficient (Wildman–Crippen LogP) is 5.48. The number of pyridine rings is 1.